The van der Waals surface area contributed by atoms with Gasteiger partial charge < -0.3 is 14.5 Å². The summed E-state index contributed by atoms with van der Waals surface area (Å²) in [5.41, 5.74) is 2.90. The lowest BCUT2D eigenvalue weighted by atomic mass is 10.2. The molecule has 8 heteroatoms. The molecule has 0 aliphatic heterocycles. The maximum absolute atomic E-state index is 12.5. The molecule has 0 bridgehead atoms. The number of aryl methyl sites for hydroxylation is 1. The molecular weight excluding hydrogens is 378 g/mol. The zero-order valence-corrected chi connectivity index (χ0v) is 16.7. The highest BCUT2D eigenvalue weighted by Gasteiger charge is 2.15. The Kier molecular flexibility index (Phi) is 5.00. The average Bonchev–Trinajstić information content (AvgIpc) is 3.40. The largest absolute Gasteiger partial charge is 0.349 e. The highest BCUT2D eigenvalue weighted by atomic mass is 32.2. The number of carbonyl (C=O) groups is 1. The van der Waals surface area contributed by atoms with Crippen LogP contribution in [-0.4, -0.2) is 31.0 Å². The van der Waals surface area contributed by atoms with E-state index in [1.807, 2.05) is 58.1 Å². The number of aromatic nitrogens is 4. The van der Waals surface area contributed by atoms with E-state index in [0.717, 1.165) is 39.7 Å². The van der Waals surface area contributed by atoms with Crippen LogP contribution in [0, 0.1) is 0 Å². The summed E-state index contributed by atoms with van der Waals surface area (Å²) in [6.07, 6.45) is 1.99. The standard InChI is InChI=1S/C19H19N5OS2/c1-3-24-18(14-8-10-26-11-14)21-22-19(24)27-12-16(25)20-15-6-4-5-13-7-9-23(2)17(13)15/h4-11H,3,12H2,1-2H3,(H,20,25). The number of hydrogen-bond acceptors (Lipinski definition) is 5. The van der Waals surface area contributed by atoms with Gasteiger partial charge in [-0.15, -0.1) is 10.2 Å². The van der Waals surface area contributed by atoms with Gasteiger partial charge >= 0.3 is 0 Å². The molecule has 3 heterocycles. The third-order valence-electron chi connectivity index (χ3n) is 4.32. The van der Waals surface area contributed by atoms with Gasteiger partial charge in [-0.05, 0) is 30.5 Å². The zero-order valence-electron chi connectivity index (χ0n) is 15.0. The van der Waals surface area contributed by atoms with Crippen LogP contribution >= 0.6 is 23.1 Å². The normalized spacial score (nSPS) is 11.2. The predicted octanol–water partition coefficient (Wildman–Crippen LogP) is 4.25. The van der Waals surface area contributed by atoms with Gasteiger partial charge in [0, 0.05) is 36.1 Å². The number of rotatable bonds is 6. The Bertz CT molecular complexity index is 1080. The van der Waals surface area contributed by atoms with Crippen molar-refractivity contribution < 1.29 is 4.79 Å². The van der Waals surface area contributed by atoms with Gasteiger partial charge in [-0.1, -0.05) is 23.9 Å². The number of thioether (sulfide) groups is 1. The van der Waals surface area contributed by atoms with E-state index in [1.54, 1.807) is 11.3 Å². The molecule has 0 unspecified atom stereocenters. The van der Waals surface area contributed by atoms with Gasteiger partial charge in [0.1, 0.15) is 0 Å². The number of amides is 1. The minimum Gasteiger partial charge on any atom is -0.349 e. The third-order valence-corrected chi connectivity index (χ3v) is 5.97. The Morgan fingerprint density at radius 2 is 2.15 bits per heavy atom. The Morgan fingerprint density at radius 3 is 2.93 bits per heavy atom. The molecule has 6 nitrogen and oxygen atoms in total. The lowest BCUT2D eigenvalue weighted by molar-refractivity contribution is -0.113. The van der Waals surface area contributed by atoms with E-state index >= 15 is 0 Å². The van der Waals surface area contributed by atoms with Crippen molar-refractivity contribution >= 4 is 45.6 Å². The quantitative estimate of drug-likeness (QED) is 0.494. The minimum atomic E-state index is -0.0589. The summed E-state index contributed by atoms with van der Waals surface area (Å²) in [6.45, 7) is 2.81. The topological polar surface area (TPSA) is 64.7 Å². The number of nitrogens with zero attached hydrogens (tertiary/aromatic N) is 4. The first-order chi connectivity index (χ1) is 13.2. The van der Waals surface area contributed by atoms with Crippen molar-refractivity contribution in [1.29, 1.82) is 0 Å². The molecule has 0 spiro atoms. The fourth-order valence-electron chi connectivity index (χ4n) is 3.06. The van der Waals surface area contributed by atoms with Crippen LogP contribution in [0.5, 0.6) is 0 Å². The molecule has 4 aromatic rings. The molecule has 27 heavy (non-hydrogen) atoms. The second-order valence-electron chi connectivity index (χ2n) is 6.07. The number of fused-ring (bicyclic) bond motifs is 1. The Labute approximate surface area is 165 Å². The molecule has 0 saturated heterocycles. The Balaban J connectivity index is 1.47. The predicted molar refractivity (Wildman–Crippen MR) is 111 cm³/mol. The van der Waals surface area contributed by atoms with E-state index in [-0.39, 0.29) is 11.7 Å². The molecule has 138 valence electrons. The van der Waals surface area contributed by atoms with Crippen molar-refractivity contribution in [2.45, 2.75) is 18.6 Å². The van der Waals surface area contributed by atoms with Crippen molar-refractivity contribution in [3.05, 3.63) is 47.3 Å². The molecule has 0 atom stereocenters. The summed E-state index contributed by atoms with van der Waals surface area (Å²) in [7, 11) is 1.97. The maximum atomic E-state index is 12.5. The first-order valence-electron chi connectivity index (χ1n) is 8.60. The molecule has 0 fully saturated rings. The molecular formula is C19H19N5OS2. The van der Waals surface area contributed by atoms with Gasteiger partial charge in [0.2, 0.25) is 5.91 Å². The number of thiophene rings is 1. The highest BCUT2D eigenvalue weighted by Crippen LogP contribution is 2.27. The first-order valence-corrected chi connectivity index (χ1v) is 10.5. The number of para-hydroxylation sites is 1. The lowest BCUT2D eigenvalue weighted by Gasteiger charge is -2.09. The van der Waals surface area contributed by atoms with Crippen molar-refractivity contribution in [2.24, 2.45) is 7.05 Å². The van der Waals surface area contributed by atoms with Crippen LogP contribution in [0.15, 0.2) is 52.4 Å². The van der Waals surface area contributed by atoms with Gasteiger partial charge in [-0.3, -0.25) is 4.79 Å². The molecule has 0 aliphatic rings. The summed E-state index contributed by atoms with van der Waals surface area (Å²) in [6, 6.07) is 9.98. The lowest BCUT2D eigenvalue weighted by Crippen LogP contribution is -2.15. The van der Waals surface area contributed by atoms with E-state index in [2.05, 4.69) is 27.8 Å². The molecule has 1 aromatic carbocycles. The van der Waals surface area contributed by atoms with Crippen LogP contribution < -0.4 is 5.32 Å². The fraction of sp³-hybridized carbons (Fsp3) is 0.211. The van der Waals surface area contributed by atoms with Crippen LogP contribution in [-0.2, 0) is 18.4 Å². The third kappa shape index (κ3) is 3.50. The monoisotopic (exact) mass is 397 g/mol. The molecule has 1 amide bonds. The molecule has 0 saturated carbocycles. The average molecular weight is 398 g/mol. The minimum absolute atomic E-state index is 0.0589. The summed E-state index contributed by atoms with van der Waals surface area (Å²) >= 11 is 3.03. The maximum Gasteiger partial charge on any atom is 0.234 e. The molecule has 0 aliphatic carbocycles. The second-order valence-corrected chi connectivity index (χ2v) is 7.79. The van der Waals surface area contributed by atoms with Crippen LogP contribution in [0.2, 0.25) is 0 Å². The Morgan fingerprint density at radius 1 is 1.26 bits per heavy atom. The molecule has 1 N–H and O–H groups in total. The van der Waals surface area contributed by atoms with E-state index in [0.29, 0.717) is 0 Å². The van der Waals surface area contributed by atoms with Crippen molar-refractivity contribution in [2.75, 3.05) is 11.1 Å². The summed E-state index contributed by atoms with van der Waals surface area (Å²) in [5, 5.41) is 17.5. The van der Waals surface area contributed by atoms with E-state index in [1.165, 1.54) is 11.8 Å². The number of carbonyl (C=O) groups excluding carboxylic acids is 1. The molecule has 3 aromatic heterocycles. The smallest absolute Gasteiger partial charge is 0.234 e. The first kappa shape index (κ1) is 17.8. The van der Waals surface area contributed by atoms with Gasteiger partial charge in [-0.25, -0.2) is 0 Å². The summed E-state index contributed by atoms with van der Waals surface area (Å²) < 4.78 is 4.05. The van der Waals surface area contributed by atoms with Crippen molar-refractivity contribution in [1.82, 2.24) is 19.3 Å². The summed E-state index contributed by atoms with van der Waals surface area (Å²) in [4.78, 5) is 12.5. The van der Waals surface area contributed by atoms with Gasteiger partial charge in [0.05, 0.1) is 17.0 Å². The Hall–Kier alpha value is -2.58. The second kappa shape index (κ2) is 7.58. The zero-order chi connectivity index (χ0) is 18.8. The highest BCUT2D eigenvalue weighted by molar-refractivity contribution is 7.99. The number of anilines is 1. The van der Waals surface area contributed by atoms with Gasteiger partial charge in [0.15, 0.2) is 11.0 Å². The van der Waals surface area contributed by atoms with E-state index in [4.69, 9.17) is 0 Å². The summed E-state index contributed by atoms with van der Waals surface area (Å²) in [5.74, 6) is 1.06. The van der Waals surface area contributed by atoms with Gasteiger partial charge in [-0.2, -0.15) is 11.3 Å². The van der Waals surface area contributed by atoms with Crippen LogP contribution in [0.3, 0.4) is 0 Å². The molecule has 4 rings (SSSR count). The van der Waals surface area contributed by atoms with E-state index in [9.17, 15) is 4.79 Å². The van der Waals surface area contributed by atoms with Crippen LogP contribution in [0.25, 0.3) is 22.3 Å². The van der Waals surface area contributed by atoms with Crippen LogP contribution in [0.1, 0.15) is 6.92 Å². The molecule has 0 radical (unpaired) electrons. The number of hydrogen-bond donors (Lipinski definition) is 1. The van der Waals surface area contributed by atoms with Crippen molar-refractivity contribution in [3.63, 3.8) is 0 Å². The fourth-order valence-corrected chi connectivity index (χ4v) is 4.50. The SMILES string of the molecule is CCn1c(SCC(=O)Nc2cccc3ccn(C)c23)nnc1-c1ccsc1. The number of nitrogens with one attached hydrogen (secondary N) is 1. The van der Waals surface area contributed by atoms with E-state index < -0.39 is 0 Å². The van der Waals surface area contributed by atoms with Gasteiger partial charge in [0.25, 0.3) is 0 Å². The number of benzene rings is 1. The van der Waals surface area contributed by atoms with Crippen LogP contribution in [0.4, 0.5) is 5.69 Å². The van der Waals surface area contributed by atoms with Crippen molar-refractivity contribution in [3.8, 4) is 11.4 Å².